The van der Waals surface area contributed by atoms with Crippen molar-refractivity contribution in [2.75, 3.05) is 6.61 Å². The molecule has 7 atom stereocenters. The van der Waals surface area contributed by atoms with Gasteiger partial charge >= 0.3 is 5.97 Å². The highest BCUT2D eigenvalue weighted by Crippen LogP contribution is 2.65. The van der Waals surface area contributed by atoms with Crippen LogP contribution in [0.3, 0.4) is 0 Å². The summed E-state index contributed by atoms with van der Waals surface area (Å²) in [6.07, 6.45) is 10.9. The first kappa shape index (κ1) is 21.0. The van der Waals surface area contributed by atoms with Crippen molar-refractivity contribution in [3.05, 3.63) is 11.6 Å². The summed E-state index contributed by atoms with van der Waals surface area (Å²) in [4.78, 5) is 22.5. The third-order valence-electron chi connectivity index (χ3n) is 9.10. The lowest BCUT2D eigenvalue weighted by Crippen LogP contribution is -2.51. The molecule has 0 spiro atoms. The van der Waals surface area contributed by atoms with E-state index in [2.05, 4.69) is 19.9 Å². The van der Waals surface area contributed by atoms with E-state index in [0.717, 1.165) is 38.0 Å². The van der Waals surface area contributed by atoms with Crippen LogP contribution in [-0.4, -0.2) is 40.8 Å². The van der Waals surface area contributed by atoms with Crippen LogP contribution in [0.15, 0.2) is 11.6 Å². The van der Waals surface area contributed by atoms with Gasteiger partial charge in [-0.25, -0.2) is 0 Å². The third kappa shape index (κ3) is 3.69. The molecular formula is C24H36O5. The summed E-state index contributed by atoms with van der Waals surface area (Å²) >= 11 is 0. The summed E-state index contributed by atoms with van der Waals surface area (Å²) in [5.41, 5.74) is 1.86. The second kappa shape index (κ2) is 7.81. The van der Waals surface area contributed by atoms with Gasteiger partial charge in [0.2, 0.25) is 0 Å². The van der Waals surface area contributed by atoms with Gasteiger partial charge in [0.1, 0.15) is 6.61 Å². The molecule has 5 heteroatoms. The number of hydrogen-bond acceptors (Lipinski definition) is 4. The Balaban J connectivity index is 1.41. The zero-order valence-electron chi connectivity index (χ0n) is 17.9. The number of fused-ring (bicyclic) bond motifs is 5. The molecule has 162 valence electrons. The van der Waals surface area contributed by atoms with Crippen LogP contribution in [0.25, 0.3) is 0 Å². The standard InChI is InChI=1S/C24H36O5/c1-23-11-9-17(29-14-16(25)4-8-22(27)28)13-15(23)3-5-18-19-6-7-21(26)24(19,2)12-10-20(18)23/h13,17-21,26H,3-12,14H2,1-2H3,(H,27,28)/t17-,18?,19?,20?,21?,23?,24?/m1/s1. The predicted molar refractivity (Wildman–Crippen MR) is 109 cm³/mol. The molecule has 4 aliphatic rings. The molecule has 0 aromatic heterocycles. The number of carboxylic acids is 1. The number of aliphatic hydroxyl groups excluding tert-OH is 1. The number of hydrogen-bond donors (Lipinski definition) is 2. The van der Waals surface area contributed by atoms with Crippen LogP contribution in [0.2, 0.25) is 0 Å². The maximum absolute atomic E-state index is 11.9. The Labute approximate surface area is 173 Å². The Morgan fingerprint density at radius 3 is 2.62 bits per heavy atom. The van der Waals surface area contributed by atoms with Gasteiger partial charge in [-0.15, -0.1) is 0 Å². The fraction of sp³-hybridized carbons (Fsp3) is 0.833. The normalized spacial score (nSPS) is 43.7. The molecule has 5 nitrogen and oxygen atoms in total. The van der Waals surface area contributed by atoms with E-state index in [9.17, 15) is 14.7 Å². The summed E-state index contributed by atoms with van der Waals surface area (Å²) in [5.74, 6) is 1.01. The molecule has 0 aromatic rings. The minimum Gasteiger partial charge on any atom is -0.481 e. The molecule has 0 aromatic carbocycles. The van der Waals surface area contributed by atoms with Gasteiger partial charge in [0.25, 0.3) is 0 Å². The molecule has 3 saturated carbocycles. The first-order chi connectivity index (χ1) is 13.7. The van der Waals surface area contributed by atoms with Crippen LogP contribution in [0.5, 0.6) is 0 Å². The number of carbonyl (C=O) groups is 2. The summed E-state index contributed by atoms with van der Waals surface area (Å²) in [7, 11) is 0. The van der Waals surface area contributed by atoms with E-state index in [1.54, 1.807) is 0 Å². The average Bonchev–Trinajstić information content (AvgIpc) is 2.99. The summed E-state index contributed by atoms with van der Waals surface area (Å²) in [5, 5.41) is 19.3. The lowest BCUT2D eigenvalue weighted by atomic mass is 9.47. The van der Waals surface area contributed by atoms with Crippen molar-refractivity contribution in [2.24, 2.45) is 28.6 Å². The van der Waals surface area contributed by atoms with Crippen LogP contribution >= 0.6 is 0 Å². The summed E-state index contributed by atoms with van der Waals surface area (Å²) < 4.78 is 5.85. The van der Waals surface area contributed by atoms with Crippen molar-refractivity contribution in [1.29, 1.82) is 0 Å². The van der Waals surface area contributed by atoms with Crippen molar-refractivity contribution in [2.45, 2.75) is 90.3 Å². The largest absolute Gasteiger partial charge is 0.481 e. The molecule has 0 aliphatic heterocycles. The lowest BCUT2D eigenvalue weighted by Gasteiger charge is -2.58. The van der Waals surface area contributed by atoms with E-state index in [0.29, 0.717) is 11.8 Å². The SMILES string of the molecule is CC12CC[C@@H](OCC(=O)CCC(=O)O)C=C1CCC1C2CCC2(C)C(O)CCC12. The number of aliphatic hydroxyl groups is 1. The quantitative estimate of drug-likeness (QED) is 0.650. The zero-order chi connectivity index (χ0) is 20.8. The van der Waals surface area contributed by atoms with Gasteiger partial charge in [-0.05, 0) is 80.0 Å². The summed E-state index contributed by atoms with van der Waals surface area (Å²) in [6, 6.07) is 0. The van der Waals surface area contributed by atoms with Gasteiger partial charge in [0.15, 0.2) is 5.78 Å². The molecule has 4 aliphatic carbocycles. The molecule has 3 fully saturated rings. The Morgan fingerprint density at radius 2 is 1.86 bits per heavy atom. The molecule has 0 radical (unpaired) electrons. The fourth-order valence-corrected chi connectivity index (χ4v) is 7.32. The van der Waals surface area contributed by atoms with E-state index in [4.69, 9.17) is 9.84 Å². The van der Waals surface area contributed by atoms with Gasteiger partial charge in [0.05, 0.1) is 18.6 Å². The topological polar surface area (TPSA) is 83.8 Å². The number of ketones is 1. The minimum absolute atomic E-state index is 0.0167. The van der Waals surface area contributed by atoms with Gasteiger partial charge in [0, 0.05) is 6.42 Å². The van der Waals surface area contributed by atoms with Crippen LogP contribution < -0.4 is 0 Å². The van der Waals surface area contributed by atoms with E-state index >= 15 is 0 Å². The second-order valence-electron chi connectivity index (χ2n) is 10.5. The molecule has 0 bridgehead atoms. The molecule has 29 heavy (non-hydrogen) atoms. The number of rotatable bonds is 6. The van der Waals surface area contributed by atoms with Crippen LogP contribution in [0.4, 0.5) is 0 Å². The third-order valence-corrected chi connectivity index (χ3v) is 9.10. The average molecular weight is 405 g/mol. The van der Waals surface area contributed by atoms with Gasteiger partial charge in [-0.1, -0.05) is 25.5 Å². The molecule has 0 heterocycles. The first-order valence-corrected chi connectivity index (χ1v) is 11.5. The monoisotopic (exact) mass is 404 g/mol. The van der Waals surface area contributed by atoms with Gasteiger partial charge < -0.3 is 14.9 Å². The Morgan fingerprint density at radius 1 is 1.07 bits per heavy atom. The van der Waals surface area contributed by atoms with Crippen molar-refractivity contribution < 1.29 is 24.5 Å². The van der Waals surface area contributed by atoms with E-state index in [-0.39, 0.29) is 48.3 Å². The smallest absolute Gasteiger partial charge is 0.303 e. The molecule has 0 saturated heterocycles. The fourth-order valence-electron chi connectivity index (χ4n) is 7.32. The summed E-state index contributed by atoms with van der Waals surface area (Å²) in [6.45, 7) is 4.78. The molecule has 4 rings (SSSR count). The maximum Gasteiger partial charge on any atom is 0.303 e. The van der Waals surface area contributed by atoms with Crippen LogP contribution in [0, 0.1) is 28.6 Å². The number of ether oxygens (including phenoxy) is 1. The Kier molecular flexibility index (Phi) is 5.67. The number of allylic oxidation sites excluding steroid dienone is 1. The number of carboxylic acid groups (broad SMARTS) is 1. The van der Waals surface area contributed by atoms with E-state index in [1.165, 1.54) is 24.8 Å². The minimum atomic E-state index is -0.941. The van der Waals surface area contributed by atoms with Gasteiger partial charge in [-0.3, -0.25) is 9.59 Å². The molecular weight excluding hydrogens is 368 g/mol. The zero-order valence-corrected chi connectivity index (χ0v) is 17.9. The second-order valence-corrected chi connectivity index (χ2v) is 10.5. The number of aliphatic carboxylic acids is 1. The van der Waals surface area contributed by atoms with Gasteiger partial charge in [-0.2, -0.15) is 0 Å². The number of carbonyl (C=O) groups excluding carboxylic acids is 1. The van der Waals surface area contributed by atoms with E-state index in [1.807, 2.05) is 0 Å². The van der Waals surface area contributed by atoms with E-state index < -0.39 is 5.97 Å². The van der Waals surface area contributed by atoms with Crippen molar-refractivity contribution in [3.8, 4) is 0 Å². The predicted octanol–water partition coefficient (Wildman–Crippen LogP) is 4.13. The first-order valence-electron chi connectivity index (χ1n) is 11.5. The Hall–Kier alpha value is -1.20. The van der Waals surface area contributed by atoms with Crippen LogP contribution in [-0.2, 0) is 14.3 Å². The molecule has 6 unspecified atom stereocenters. The van der Waals surface area contributed by atoms with Crippen molar-refractivity contribution >= 4 is 11.8 Å². The van der Waals surface area contributed by atoms with Crippen LogP contribution in [0.1, 0.15) is 78.1 Å². The molecule has 0 amide bonds. The van der Waals surface area contributed by atoms with Crippen molar-refractivity contribution in [3.63, 3.8) is 0 Å². The maximum atomic E-state index is 11.9. The molecule has 2 N–H and O–H groups in total. The number of Topliss-reactive ketones (excluding diaryl/α,β-unsaturated/α-hetero) is 1. The highest BCUT2D eigenvalue weighted by Gasteiger charge is 2.58. The highest BCUT2D eigenvalue weighted by atomic mass is 16.5. The Bertz CT molecular complexity index is 699. The lowest BCUT2D eigenvalue weighted by molar-refractivity contribution is -0.139. The van der Waals surface area contributed by atoms with Crippen molar-refractivity contribution in [1.82, 2.24) is 0 Å². The highest BCUT2D eigenvalue weighted by molar-refractivity contribution is 5.83.